The van der Waals surface area contributed by atoms with Crippen molar-refractivity contribution in [3.63, 3.8) is 0 Å². The molecule has 2 unspecified atom stereocenters. The summed E-state index contributed by atoms with van der Waals surface area (Å²) in [5.74, 6) is -1.64. The molecule has 1 saturated heterocycles. The highest BCUT2D eigenvalue weighted by atomic mass is 16.5. The number of nitrogens with zero attached hydrogens (tertiary/aromatic N) is 1. The first-order valence-electron chi connectivity index (χ1n) is 8.02. The fraction of sp³-hybridized carbons (Fsp3) is 0.688. The maximum absolute atomic E-state index is 12.4. The first-order chi connectivity index (χ1) is 11.0. The zero-order chi connectivity index (χ0) is 17.2. The molecule has 1 aliphatic rings. The first kappa shape index (κ1) is 19.2. The van der Waals surface area contributed by atoms with E-state index < -0.39 is 24.0 Å². The van der Waals surface area contributed by atoms with E-state index in [-0.39, 0.29) is 19.1 Å². The van der Waals surface area contributed by atoms with Gasteiger partial charge in [-0.05, 0) is 25.7 Å². The number of carboxylic acid groups (broad SMARTS) is 1. The molecular formula is C16H26N2O5. The molecule has 23 heavy (non-hydrogen) atoms. The van der Waals surface area contributed by atoms with Crippen molar-refractivity contribution in [3.05, 3.63) is 12.7 Å². The van der Waals surface area contributed by atoms with Gasteiger partial charge < -0.3 is 20.1 Å². The second-order valence-electron chi connectivity index (χ2n) is 5.57. The standard InChI is InChI=1S/C16H26N2O5/c1-3-7-14(19)18-9-6-5-8-13(18)15(20)17-12(16(21)22)11-23-10-4-2/h4,12-13H,2-3,5-11H2,1H3,(H,17,20)(H,21,22). The summed E-state index contributed by atoms with van der Waals surface area (Å²) in [6.45, 7) is 6.01. The number of aliphatic carboxylic acids is 1. The second kappa shape index (κ2) is 9.99. The number of nitrogens with one attached hydrogen (secondary N) is 1. The van der Waals surface area contributed by atoms with E-state index in [1.807, 2.05) is 6.92 Å². The molecule has 2 amide bonds. The van der Waals surface area contributed by atoms with Crippen molar-refractivity contribution in [2.75, 3.05) is 19.8 Å². The van der Waals surface area contributed by atoms with Crippen LogP contribution in [0.15, 0.2) is 12.7 Å². The van der Waals surface area contributed by atoms with Crippen molar-refractivity contribution in [3.8, 4) is 0 Å². The van der Waals surface area contributed by atoms with E-state index in [4.69, 9.17) is 4.74 Å². The summed E-state index contributed by atoms with van der Waals surface area (Å²) in [6, 6.07) is -1.73. The molecule has 1 aliphatic heterocycles. The van der Waals surface area contributed by atoms with Crippen LogP contribution in [0.4, 0.5) is 0 Å². The summed E-state index contributed by atoms with van der Waals surface area (Å²) >= 11 is 0. The molecule has 0 aromatic rings. The first-order valence-corrected chi connectivity index (χ1v) is 8.02. The Morgan fingerprint density at radius 2 is 2.17 bits per heavy atom. The molecule has 0 radical (unpaired) electrons. The van der Waals surface area contributed by atoms with E-state index in [0.717, 1.165) is 19.3 Å². The van der Waals surface area contributed by atoms with Gasteiger partial charge in [-0.25, -0.2) is 4.79 Å². The lowest BCUT2D eigenvalue weighted by Crippen LogP contribution is -2.55. The van der Waals surface area contributed by atoms with Crippen molar-refractivity contribution in [1.29, 1.82) is 0 Å². The predicted octanol–water partition coefficient (Wildman–Crippen LogP) is 0.940. The van der Waals surface area contributed by atoms with Crippen LogP contribution in [-0.2, 0) is 19.1 Å². The maximum atomic E-state index is 12.4. The third-order valence-corrected chi connectivity index (χ3v) is 3.72. The summed E-state index contributed by atoms with van der Waals surface area (Å²) in [4.78, 5) is 37.4. The summed E-state index contributed by atoms with van der Waals surface area (Å²) in [6.07, 6.45) is 4.89. The Balaban J connectivity index is 2.68. The van der Waals surface area contributed by atoms with Gasteiger partial charge in [0.15, 0.2) is 6.04 Å². The van der Waals surface area contributed by atoms with Gasteiger partial charge in [-0.3, -0.25) is 9.59 Å². The van der Waals surface area contributed by atoms with E-state index in [1.165, 1.54) is 6.08 Å². The third kappa shape index (κ3) is 6.02. The number of rotatable bonds is 9. The largest absolute Gasteiger partial charge is 0.480 e. The smallest absolute Gasteiger partial charge is 0.328 e. The Morgan fingerprint density at radius 3 is 2.78 bits per heavy atom. The zero-order valence-corrected chi connectivity index (χ0v) is 13.6. The number of carboxylic acids is 1. The third-order valence-electron chi connectivity index (χ3n) is 3.72. The van der Waals surface area contributed by atoms with Crippen LogP contribution in [0.25, 0.3) is 0 Å². The Bertz CT molecular complexity index is 438. The van der Waals surface area contributed by atoms with Crippen molar-refractivity contribution in [2.45, 2.75) is 51.1 Å². The number of carbonyl (C=O) groups excluding carboxylic acids is 2. The predicted molar refractivity (Wildman–Crippen MR) is 84.8 cm³/mol. The van der Waals surface area contributed by atoms with Gasteiger partial charge in [-0.1, -0.05) is 13.0 Å². The number of piperidine rings is 1. The van der Waals surface area contributed by atoms with E-state index in [0.29, 0.717) is 19.4 Å². The molecule has 130 valence electrons. The molecular weight excluding hydrogens is 300 g/mol. The summed E-state index contributed by atoms with van der Waals surface area (Å²) in [5, 5.41) is 11.7. The molecule has 1 fully saturated rings. The van der Waals surface area contributed by atoms with Gasteiger partial charge in [0.25, 0.3) is 0 Å². The minimum Gasteiger partial charge on any atom is -0.480 e. The van der Waals surface area contributed by atoms with Crippen LogP contribution in [0.2, 0.25) is 0 Å². The highest BCUT2D eigenvalue weighted by Gasteiger charge is 2.33. The van der Waals surface area contributed by atoms with E-state index in [1.54, 1.807) is 4.90 Å². The minimum atomic E-state index is -1.16. The lowest BCUT2D eigenvalue weighted by molar-refractivity contribution is -0.147. The van der Waals surface area contributed by atoms with Crippen LogP contribution < -0.4 is 5.32 Å². The average Bonchev–Trinajstić information content (AvgIpc) is 2.54. The van der Waals surface area contributed by atoms with Crippen LogP contribution in [0.5, 0.6) is 0 Å². The van der Waals surface area contributed by atoms with Crippen molar-refractivity contribution >= 4 is 17.8 Å². The highest BCUT2D eigenvalue weighted by Crippen LogP contribution is 2.19. The molecule has 1 heterocycles. The van der Waals surface area contributed by atoms with Gasteiger partial charge >= 0.3 is 5.97 Å². The average molecular weight is 326 g/mol. The topological polar surface area (TPSA) is 95.9 Å². The molecule has 0 saturated carbocycles. The summed E-state index contributed by atoms with van der Waals surface area (Å²) in [7, 11) is 0. The second-order valence-corrected chi connectivity index (χ2v) is 5.57. The Kier molecular flexibility index (Phi) is 8.32. The number of likely N-dealkylation sites (tertiary alicyclic amines) is 1. The zero-order valence-electron chi connectivity index (χ0n) is 13.6. The molecule has 0 aromatic heterocycles. The Labute approximate surface area is 136 Å². The molecule has 1 rings (SSSR count). The van der Waals surface area contributed by atoms with E-state index in [9.17, 15) is 19.5 Å². The number of hydrogen-bond donors (Lipinski definition) is 2. The van der Waals surface area contributed by atoms with Gasteiger partial charge in [0.05, 0.1) is 13.2 Å². The van der Waals surface area contributed by atoms with E-state index >= 15 is 0 Å². The van der Waals surface area contributed by atoms with Crippen molar-refractivity contribution in [2.24, 2.45) is 0 Å². The van der Waals surface area contributed by atoms with Crippen molar-refractivity contribution < 1.29 is 24.2 Å². The van der Waals surface area contributed by atoms with E-state index in [2.05, 4.69) is 11.9 Å². The number of amides is 2. The fourth-order valence-electron chi connectivity index (χ4n) is 2.57. The highest BCUT2D eigenvalue weighted by molar-refractivity contribution is 5.90. The number of ether oxygens (including phenoxy) is 1. The van der Waals surface area contributed by atoms with Crippen LogP contribution in [0.3, 0.4) is 0 Å². The molecule has 0 bridgehead atoms. The minimum absolute atomic E-state index is 0.0536. The summed E-state index contributed by atoms with van der Waals surface area (Å²) in [5.41, 5.74) is 0. The molecule has 7 nitrogen and oxygen atoms in total. The quantitative estimate of drug-likeness (QED) is 0.485. The SMILES string of the molecule is C=CCOCC(NC(=O)C1CCCCN1C(=O)CCC)C(=O)O. The van der Waals surface area contributed by atoms with Gasteiger partial charge in [-0.15, -0.1) is 6.58 Å². The Morgan fingerprint density at radius 1 is 1.43 bits per heavy atom. The molecule has 0 aromatic carbocycles. The lowest BCUT2D eigenvalue weighted by Gasteiger charge is -2.35. The van der Waals surface area contributed by atoms with Gasteiger partial charge in [0, 0.05) is 13.0 Å². The van der Waals surface area contributed by atoms with Gasteiger partial charge in [-0.2, -0.15) is 0 Å². The number of hydrogen-bond acceptors (Lipinski definition) is 4. The lowest BCUT2D eigenvalue weighted by atomic mass is 10.00. The van der Waals surface area contributed by atoms with Crippen LogP contribution in [0.1, 0.15) is 39.0 Å². The monoisotopic (exact) mass is 326 g/mol. The molecule has 0 aliphatic carbocycles. The normalized spacial score (nSPS) is 19.0. The molecule has 2 N–H and O–H groups in total. The fourth-order valence-corrected chi connectivity index (χ4v) is 2.57. The van der Waals surface area contributed by atoms with Crippen LogP contribution in [0, 0.1) is 0 Å². The van der Waals surface area contributed by atoms with Crippen LogP contribution in [-0.4, -0.2) is 59.6 Å². The van der Waals surface area contributed by atoms with Gasteiger partial charge in [0.1, 0.15) is 6.04 Å². The Hall–Kier alpha value is -1.89. The number of carbonyl (C=O) groups is 3. The molecule has 7 heteroatoms. The van der Waals surface area contributed by atoms with Crippen molar-refractivity contribution in [1.82, 2.24) is 10.2 Å². The van der Waals surface area contributed by atoms with Gasteiger partial charge in [0.2, 0.25) is 11.8 Å². The van der Waals surface area contributed by atoms with Crippen LogP contribution >= 0.6 is 0 Å². The molecule has 0 spiro atoms. The summed E-state index contributed by atoms with van der Waals surface area (Å²) < 4.78 is 5.11. The molecule has 2 atom stereocenters. The maximum Gasteiger partial charge on any atom is 0.328 e.